The number of nitrogens with zero attached hydrogens (tertiary/aromatic N) is 3. The second-order valence-corrected chi connectivity index (χ2v) is 8.83. The molecule has 8 heteroatoms. The molecule has 0 aliphatic carbocycles. The van der Waals surface area contributed by atoms with E-state index >= 15 is 0 Å². The molecule has 1 aromatic carbocycles. The molecule has 2 aliphatic heterocycles. The number of carbonyl (C=O) groups excluding carboxylic acids is 3. The first-order valence-electron chi connectivity index (χ1n) is 11.4. The fourth-order valence-electron chi connectivity index (χ4n) is 4.74. The van der Waals surface area contributed by atoms with Gasteiger partial charge in [-0.3, -0.25) is 19.3 Å². The molecule has 2 aliphatic rings. The first kappa shape index (κ1) is 24.3. The molecule has 2 fully saturated rings. The van der Waals surface area contributed by atoms with Gasteiger partial charge in [0, 0.05) is 39.1 Å². The van der Waals surface area contributed by atoms with Crippen molar-refractivity contribution in [2.45, 2.75) is 43.9 Å². The molecule has 0 aromatic heterocycles. The van der Waals surface area contributed by atoms with Crippen molar-refractivity contribution in [2.75, 3.05) is 53.5 Å². The van der Waals surface area contributed by atoms with Crippen molar-refractivity contribution in [3.8, 4) is 0 Å². The van der Waals surface area contributed by atoms with E-state index in [1.165, 1.54) is 44.6 Å². The number of halogens is 1. The summed E-state index contributed by atoms with van der Waals surface area (Å²) in [4.78, 5) is 44.3. The number of rotatable bonds is 10. The number of methoxy groups -OCH3 is 1. The molecule has 3 rings (SSSR count). The van der Waals surface area contributed by atoms with Crippen molar-refractivity contribution in [3.05, 3.63) is 35.6 Å². The first-order chi connectivity index (χ1) is 15.4. The van der Waals surface area contributed by atoms with Crippen LogP contribution in [0.25, 0.3) is 0 Å². The minimum atomic E-state index is -1.52. The topological polar surface area (TPSA) is 70.2 Å². The molecule has 0 spiro atoms. The maximum Gasteiger partial charge on any atom is 0.241 e. The minimum absolute atomic E-state index is 0.0875. The van der Waals surface area contributed by atoms with Crippen LogP contribution in [0.15, 0.2) is 24.3 Å². The summed E-state index contributed by atoms with van der Waals surface area (Å²) in [6.45, 7) is 3.96. The Bertz CT molecular complexity index is 827. The van der Waals surface area contributed by atoms with Gasteiger partial charge in [0.25, 0.3) is 0 Å². The van der Waals surface area contributed by atoms with Gasteiger partial charge in [-0.05, 0) is 45.0 Å². The number of amides is 3. The zero-order valence-electron chi connectivity index (χ0n) is 19.1. The molecule has 0 N–H and O–H groups in total. The monoisotopic (exact) mass is 447 g/mol. The van der Waals surface area contributed by atoms with Gasteiger partial charge >= 0.3 is 0 Å². The van der Waals surface area contributed by atoms with Crippen molar-refractivity contribution in [3.63, 3.8) is 0 Å². The molecule has 176 valence electrons. The molecule has 2 heterocycles. The smallest absolute Gasteiger partial charge is 0.241 e. The van der Waals surface area contributed by atoms with Gasteiger partial charge in [-0.15, -0.1) is 0 Å². The van der Waals surface area contributed by atoms with Crippen LogP contribution in [0.2, 0.25) is 0 Å². The molecule has 0 radical (unpaired) electrons. The van der Waals surface area contributed by atoms with Gasteiger partial charge in [-0.1, -0.05) is 24.6 Å². The number of benzene rings is 1. The van der Waals surface area contributed by atoms with Crippen molar-refractivity contribution < 1.29 is 23.5 Å². The predicted molar refractivity (Wildman–Crippen MR) is 118 cm³/mol. The van der Waals surface area contributed by atoms with E-state index in [9.17, 15) is 18.8 Å². The summed E-state index contributed by atoms with van der Waals surface area (Å²) in [6.07, 6.45) is 4.10. The highest BCUT2D eigenvalue weighted by atomic mass is 19.1. The molecule has 0 bridgehead atoms. The van der Waals surface area contributed by atoms with Crippen molar-refractivity contribution in [2.24, 2.45) is 0 Å². The molecule has 1 aromatic rings. The Balaban J connectivity index is 1.73. The van der Waals surface area contributed by atoms with Gasteiger partial charge in [-0.25, -0.2) is 4.39 Å². The van der Waals surface area contributed by atoms with Gasteiger partial charge < -0.3 is 14.5 Å². The maximum absolute atomic E-state index is 14.8. The van der Waals surface area contributed by atoms with E-state index < -0.39 is 23.0 Å². The molecule has 32 heavy (non-hydrogen) atoms. The van der Waals surface area contributed by atoms with Gasteiger partial charge in [0.1, 0.15) is 5.82 Å². The minimum Gasteiger partial charge on any atom is -0.383 e. The highest BCUT2D eigenvalue weighted by molar-refractivity contribution is 6.10. The van der Waals surface area contributed by atoms with Crippen LogP contribution in [0.4, 0.5) is 4.39 Å². The highest BCUT2D eigenvalue weighted by Gasteiger charge is 2.54. The third-order valence-corrected chi connectivity index (χ3v) is 6.61. The maximum atomic E-state index is 14.8. The Hall–Kier alpha value is -2.32. The number of imide groups is 1. The number of hydrogen-bond acceptors (Lipinski definition) is 5. The molecule has 0 unspecified atom stereocenters. The third-order valence-electron chi connectivity index (χ3n) is 6.61. The predicted octanol–water partition coefficient (Wildman–Crippen LogP) is 2.19. The molecular weight excluding hydrogens is 413 g/mol. The van der Waals surface area contributed by atoms with E-state index in [-0.39, 0.29) is 37.5 Å². The summed E-state index contributed by atoms with van der Waals surface area (Å²) in [6, 6.07) is 5.93. The van der Waals surface area contributed by atoms with E-state index in [1.54, 1.807) is 18.0 Å². The van der Waals surface area contributed by atoms with E-state index in [0.29, 0.717) is 6.54 Å². The second-order valence-electron chi connectivity index (χ2n) is 8.83. The number of piperidine rings is 1. The zero-order chi connectivity index (χ0) is 23.1. The quantitative estimate of drug-likeness (QED) is 0.515. The summed E-state index contributed by atoms with van der Waals surface area (Å²) in [5.74, 6) is -1.78. The lowest BCUT2D eigenvalue weighted by molar-refractivity contribution is -0.143. The van der Waals surface area contributed by atoms with E-state index in [1.807, 2.05) is 0 Å². The van der Waals surface area contributed by atoms with Crippen LogP contribution in [-0.2, 0) is 24.5 Å². The number of likely N-dealkylation sites (tertiary alicyclic amines) is 2. The molecular formula is C24H34FN3O4. The molecule has 2 saturated heterocycles. The molecule has 7 nitrogen and oxygen atoms in total. The van der Waals surface area contributed by atoms with Gasteiger partial charge in [0.15, 0.2) is 0 Å². The average molecular weight is 448 g/mol. The number of hydrogen-bond donors (Lipinski definition) is 0. The lowest BCUT2D eigenvalue weighted by Gasteiger charge is -2.30. The van der Waals surface area contributed by atoms with E-state index in [4.69, 9.17) is 4.74 Å². The average Bonchev–Trinajstić information content (AvgIpc) is 3.02. The summed E-state index contributed by atoms with van der Waals surface area (Å²) in [7, 11) is 3.19. The molecule has 3 amide bonds. The van der Waals surface area contributed by atoms with Gasteiger partial charge in [-0.2, -0.15) is 0 Å². The summed E-state index contributed by atoms with van der Waals surface area (Å²) in [5, 5.41) is 0. The zero-order valence-corrected chi connectivity index (χ0v) is 19.1. The van der Waals surface area contributed by atoms with Gasteiger partial charge in [0.05, 0.1) is 18.6 Å². The van der Waals surface area contributed by atoms with Crippen LogP contribution in [0.3, 0.4) is 0 Å². The summed E-state index contributed by atoms with van der Waals surface area (Å²) < 4.78 is 19.8. The fraction of sp³-hybridized carbons (Fsp3) is 0.625. The molecule has 1 atom stereocenters. The van der Waals surface area contributed by atoms with Crippen LogP contribution in [0.1, 0.15) is 44.1 Å². The Labute approximate surface area is 189 Å². The normalized spacial score (nSPS) is 21.9. The summed E-state index contributed by atoms with van der Waals surface area (Å²) >= 11 is 0. The van der Waals surface area contributed by atoms with Crippen molar-refractivity contribution in [1.82, 2.24) is 14.7 Å². The van der Waals surface area contributed by atoms with Crippen LogP contribution in [0, 0.1) is 5.82 Å². The Kier molecular flexibility index (Phi) is 8.37. The fourth-order valence-corrected chi connectivity index (χ4v) is 4.74. The largest absolute Gasteiger partial charge is 0.383 e. The first-order valence-corrected chi connectivity index (χ1v) is 11.4. The highest BCUT2D eigenvalue weighted by Crippen LogP contribution is 2.41. The second kappa shape index (κ2) is 11.0. The Morgan fingerprint density at radius 2 is 1.88 bits per heavy atom. The van der Waals surface area contributed by atoms with Crippen molar-refractivity contribution in [1.29, 1.82) is 0 Å². The van der Waals surface area contributed by atoms with Crippen LogP contribution in [-0.4, -0.2) is 85.9 Å². The Morgan fingerprint density at radius 1 is 1.16 bits per heavy atom. The van der Waals surface area contributed by atoms with Gasteiger partial charge in [0.2, 0.25) is 17.7 Å². The van der Waals surface area contributed by atoms with E-state index in [2.05, 4.69) is 4.90 Å². The Morgan fingerprint density at radius 3 is 2.56 bits per heavy atom. The third kappa shape index (κ3) is 5.35. The lowest BCUT2D eigenvalue weighted by atomic mass is 9.75. The van der Waals surface area contributed by atoms with Crippen molar-refractivity contribution >= 4 is 17.7 Å². The van der Waals surface area contributed by atoms with Crippen LogP contribution in [0.5, 0.6) is 0 Å². The summed E-state index contributed by atoms with van der Waals surface area (Å²) in [5.41, 5.74) is -1.41. The van der Waals surface area contributed by atoms with Crippen LogP contribution >= 0.6 is 0 Å². The number of ether oxygens (including phenoxy) is 1. The lowest BCUT2D eigenvalue weighted by Crippen LogP contribution is -2.44. The SMILES string of the molecule is COCCN1C(=O)C[C@](CC(=O)N(C)CCCN2CCCCC2)(c2ccccc2F)C1=O. The molecule has 0 saturated carbocycles. The van der Waals surface area contributed by atoms with Crippen LogP contribution < -0.4 is 0 Å². The number of carbonyl (C=O) groups is 3. The standard InChI is InChI=1S/C24H34FN3O4/c1-26(11-8-14-27-12-6-3-7-13-27)21(29)17-24(19-9-4-5-10-20(19)25)18-22(30)28(23(24)31)15-16-32-2/h4-5,9-10H,3,6-8,11-18H2,1-2H3/t24-/m1/s1. The van der Waals surface area contributed by atoms with E-state index in [0.717, 1.165) is 31.0 Å².